The van der Waals surface area contributed by atoms with Gasteiger partial charge in [0, 0.05) is 5.39 Å². The maximum absolute atomic E-state index is 2.53. The van der Waals surface area contributed by atoms with Crippen molar-refractivity contribution in [3.8, 4) is 0 Å². The van der Waals surface area contributed by atoms with Crippen molar-refractivity contribution in [3.05, 3.63) is 42.5 Å². The molecular weight excluding hydrogens is 254 g/mol. The van der Waals surface area contributed by atoms with Gasteiger partial charge in [0.05, 0.1) is 6.04 Å². The Morgan fingerprint density at radius 3 is 2.24 bits per heavy atom. The van der Waals surface area contributed by atoms with Crippen LogP contribution in [-0.4, -0.2) is 6.04 Å². The van der Waals surface area contributed by atoms with Gasteiger partial charge in [-0.25, -0.2) is 0 Å². The minimum absolute atomic E-state index is 0.477. The fraction of sp³-hybridized carbons (Fsp3) is 0.500. The largest absolute Gasteiger partial charge is 0.311 e. The standard InChI is InChI=1S/C20H27N/c1-20(2,3)16-11-13-17(14-12-16)21-19-10-6-8-15-7-4-5-9-18(15)19/h4-10,16-17,21H,11-14H2,1-3H3/p+1. The minimum atomic E-state index is 0.477. The smallest absolute Gasteiger partial charge is 0.137 e. The molecule has 1 aliphatic rings. The average Bonchev–Trinajstić information content (AvgIpc) is 2.47. The van der Waals surface area contributed by atoms with E-state index >= 15 is 0 Å². The zero-order valence-corrected chi connectivity index (χ0v) is 13.6. The molecule has 0 atom stereocenters. The second kappa shape index (κ2) is 5.81. The van der Waals surface area contributed by atoms with E-state index in [0.29, 0.717) is 5.41 Å². The lowest BCUT2D eigenvalue weighted by molar-refractivity contribution is -0.613. The molecule has 2 N–H and O–H groups in total. The van der Waals surface area contributed by atoms with Crippen molar-refractivity contribution in [1.82, 2.24) is 0 Å². The molecule has 0 unspecified atom stereocenters. The molecule has 1 heteroatoms. The highest BCUT2D eigenvalue weighted by molar-refractivity contribution is 5.90. The number of fused-ring (bicyclic) bond motifs is 1. The quantitative estimate of drug-likeness (QED) is 0.773. The second-order valence-electron chi connectivity index (χ2n) is 7.71. The van der Waals surface area contributed by atoms with Gasteiger partial charge in [-0.15, -0.1) is 0 Å². The summed E-state index contributed by atoms with van der Waals surface area (Å²) in [7, 11) is 0. The molecule has 21 heavy (non-hydrogen) atoms. The van der Waals surface area contributed by atoms with Crippen molar-refractivity contribution in [1.29, 1.82) is 0 Å². The zero-order chi connectivity index (χ0) is 14.9. The summed E-state index contributed by atoms with van der Waals surface area (Å²) in [5.41, 5.74) is 1.90. The highest BCUT2D eigenvalue weighted by atomic mass is 14.9. The Labute approximate surface area is 128 Å². The first-order valence-corrected chi connectivity index (χ1v) is 8.37. The third-order valence-corrected chi connectivity index (χ3v) is 5.24. The third kappa shape index (κ3) is 3.29. The van der Waals surface area contributed by atoms with Crippen LogP contribution in [0.15, 0.2) is 42.5 Å². The van der Waals surface area contributed by atoms with Gasteiger partial charge >= 0.3 is 0 Å². The fourth-order valence-electron chi connectivity index (χ4n) is 3.80. The molecule has 1 fully saturated rings. The van der Waals surface area contributed by atoms with Crippen LogP contribution in [0.4, 0.5) is 5.69 Å². The third-order valence-electron chi connectivity index (χ3n) is 5.24. The number of benzene rings is 2. The van der Waals surface area contributed by atoms with Gasteiger partial charge in [0.15, 0.2) is 0 Å². The Bertz CT molecular complexity index is 595. The summed E-state index contributed by atoms with van der Waals surface area (Å²) < 4.78 is 0. The summed E-state index contributed by atoms with van der Waals surface area (Å²) in [4.78, 5) is 0. The van der Waals surface area contributed by atoms with E-state index in [1.165, 1.54) is 42.1 Å². The van der Waals surface area contributed by atoms with Crippen LogP contribution < -0.4 is 5.32 Å². The predicted octanol–water partition coefficient (Wildman–Crippen LogP) is 4.64. The van der Waals surface area contributed by atoms with Gasteiger partial charge in [0.2, 0.25) is 0 Å². The molecule has 3 rings (SSSR count). The van der Waals surface area contributed by atoms with Crippen molar-refractivity contribution in [2.75, 3.05) is 0 Å². The van der Waals surface area contributed by atoms with Gasteiger partial charge < -0.3 is 5.32 Å². The maximum Gasteiger partial charge on any atom is 0.137 e. The fourth-order valence-corrected chi connectivity index (χ4v) is 3.80. The molecule has 0 amide bonds. The van der Waals surface area contributed by atoms with E-state index in [-0.39, 0.29) is 0 Å². The van der Waals surface area contributed by atoms with Crippen LogP contribution in [0.2, 0.25) is 0 Å². The van der Waals surface area contributed by atoms with Crippen molar-refractivity contribution in [3.63, 3.8) is 0 Å². The number of hydrogen-bond acceptors (Lipinski definition) is 0. The molecule has 1 nitrogen and oxygen atoms in total. The molecule has 0 heterocycles. The van der Waals surface area contributed by atoms with Gasteiger partial charge in [-0.05, 0) is 54.5 Å². The summed E-state index contributed by atoms with van der Waals surface area (Å²) in [6, 6.07) is 16.2. The lowest BCUT2D eigenvalue weighted by Gasteiger charge is -2.36. The van der Waals surface area contributed by atoms with Gasteiger partial charge in [-0.2, -0.15) is 0 Å². The molecule has 2 aromatic carbocycles. The summed E-state index contributed by atoms with van der Waals surface area (Å²) >= 11 is 0. The minimum Gasteiger partial charge on any atom is -0.311 e. The molecule has 0 radical (unpaired) electrons. The van der Waals surface area contributed by atoms with Crippen LogP contribution in [0.5, 0.6) is 0 Å². The molecule has 0 aliphatic heterocycles. The van der Waals surface area contributed by atoms with Crippen molar-refractivity contribution < 1.29 is 5.32 Å². The van der Waals surface area contributed by atoms with Crippen LogP contribution in [0.3, 0.4) is 0 Å². The zero-order valence-electron chi connectivity index (χ0n) is 13.6. The molecule has 1 aliphatic carbocycles. The topological polar surface area (TPSA) is 16.6 Å². The molecule has 0 aromatic heterocycles. The van der Waals surface area contributed by atoms with Crippen molar-refractivity contribution in [2.24, 2.45) is 11.3 Å². The number of nitrogens with two attached hydrogens (primary N) is 1. The summed E-state index contributed by atoms with van der Waals surface area (Å²) in [5, 5.41) is 5.29. The molecule has 112 valence electrons. The molecule has 2 aromatic rings. The first-order chi connectivity index (χ1) is 10.0. The van der Waals surface area contributed by atoms with E-state index in [0.717, 1.165) is 12.0 Å². The highest BCUT2D eigenvalue weighted by Crippen LogP contribution is 2.37. The Morgan fingerprint density at radius 1 is 0.857 bits per heavy atom. The number of hydrogen-bond donors (Lipinski definition) is 1. The van der Waals surface area contributed by atoms with Gasteiger partial charge in [0.1, 0.15) is 5.69 Å². The normalized spacial score (nSPS) is 23.4. The Hall–Kier alpha value is -1.34. The number of rotatable bonds is 2. The van der Waals surface area contributed by atoms with Crippen molar-refractivity contribution in [2.45, 2.75) is 52.5 Å². The summed E-state index contributed by atoms with van der Waals surface area (Å²) in [5.74, 6) is 0.898. The average molecular weight is 282 g/mol. The van der Waals surface area contributed by atoms with E-state index < -0.39 is 0 Å². The first-order valence-electron chi connectivity index (χ1n) is 8.37. The van der Waals surface area contributed by atoms with Crippen LogP contribution in [0.1, 0.15) is 46.5 Å². The van der Waals surface area contributed by atoms with Crippen LogP contribution in [0.25, 0.3) is 10.8 Å². The van der Waals surface area contributed by atoms with Gasteiger partial charge in [-0.1, -0.05) is 51.1 Å². The van der Waals surface area contributed by atoms with E-state index in [1.807, 2.05) is 0 Å². The van der Waals surface area contributed by atoms with Crippen LogP contribution in [0, 0.1) is 11.3 Å². The predicted molar refractivity (Wildman–Crippen MR) is 90.7 cm³/mol. The Balaban J connectivity index is 1.70. The van der Waals surface area contributed by atoms with Gasteiger partial charge in [-0.3, -0.25) is 0 Å². The highest BCUT2D eigenvalue weighted by Gasteiger charge is 2.31. The lowest BCUT2D eigenvalue weighted by atomic mass is 9.71. The van der Waals surface area contributed by atoms with E-state index in [9.17, 15) is 0 Å². The van der Waals surface area contributed by atoms with E-state index in [4.69, 9.17) is 0 Å². The first kappa shape index (κ1) is 14.6. The summed E-state index contributed by atoms with van der Waals surface area (Å²) in [6.07, 6.45) is 5.47. The van der Waals surface area contributed by atoms with Crippen LogP contribution >= 0.6 is 0 Å². The monoisotopic (exact) mass is 282 g/mol. The van der Waals surface area contributed by atoms with E-state index in [2.05, 4.69) is 68.6 Å². The number of quaternary nitrogens is 1. The van der Waals surface area contributed by atoms with Crippen LogP contribution in [-0.2, 0) is 0 Å². The Morgan fingerprint density at radius 2 is 1.52 bits per heavy atom. The lowest BCUT2D eigenvalue weighted by Crippen LogP contribution is -2.85. The molecule has 1 saturated carbocycles. The Kier molecular flexibility index (Phi) is 4.03. The van der Waals surface area contributed by atoms with Crippen molar-refractivity contribution >= 4 is 16.5 Å². The molecule has 0 spiro atoms. The van der Waals surface area contributed by atoms with Gasteiger partial charge in [0.25, 0.3) is 0 Å². The molecular formula is C20H28N+. The summed E-state index contributed by atoms with van der Waals surface area (Å²) in [6.45, 7) is 7.19. The maximum atomic E-state index is 2.53. The second-order valence-corrected chi connectivity index (χ2v) is 7.71. The van der Waals surface area contributed by atoms with E-state index in [1.54, 1.807) is 0 Å². The molecule has 0 bridgehead atoms. The molecule has 0 saturated heterocycles. The SMILES string of the molecule is CC(C)(C)C1CCC([NH2+]c2cccc3ccccc23)CC1.